The fraction of sp³-hybridized carbons (Fsp3) is 0.269. The van der Waals surface area contributed by atoms with Crippen molar-refractivity contribution in [2.75, 3.05) is 11.9 Å². The Labute approximate surface area is 204 Å². The topological polar surface area (TPSA) is 58.1 Å². The van der Waals surface area contributed by atoms with Gasteiger partial charge in [-0.2, -0.15) is 13.2 Å². The third kappa shape index (κ3) is 4.67. The molecule has 1 aromatic carbocycles. The van der Waals surface area contributed by atoms with Gasteiger partial charge in [0.25, 0.3) is 5.91 Å². The number of rotatable bonds is 6. The van der Waals surface area contributed by atoms with Crippen molar-refractivity contribution >= 4 is 17.3 Å². The molecule has 0 spiro atoms. The van der Waals surface area contributed by atoms with E-state index in [1.54, 1.807) is 17.9 Å². The van der Waals surface area contributed by atoms with E-state index in [2.05, 4.69) is 15.3 Å². The molecule has 4 rings (SSSR count). The minimum Gasteiger partial charge on any atom is -0.363 e. The van der Waals surface area contributed by atoms with E-state index in [4.69, 9.17) is 0 Å². The summed E-state index contributed by atoms with van der Waals surface area (Å²) in [4.78, 5) is 22.3. The molecule has 188 valence electrons. The van der Waals surface area contributed by atoms with Crippen molar-refractivity contribution in [3.8, 4) is 11.3 Å². The van der Waals surface area contributed by atoms with E-state index in [1.165, 1.54) is 13.1 Å². The molecule has 2 aromatic heterocycles. The van der Waals surface area contributed by atoms with E-state index in [0.717, 1.165) is 36.5 Å². The van der Waals surface area contributed by atoms with Crippen LogP contribution in [0.15, 0.2) is 48.8 Å². The van der Waals surface area contributed by atoms with Crippen LogP contribution in [0.25, 0.3) is 16.8 Å². The highest BCUT2D eigenvalue weighted by molar-refractivity contribution is 5.99. The summed E-state index contributed by atoms with van der Waals surface area (Å²) in [6.45, 7) is 5.61. The standard InChI is InChI=1S/C26H23F5N4O/c1-4-20(26(29,30)31)15-6-8-32-23(10-15)18-12-21(27)17(11-22(18)28)14(3)34-24-19-13-35(5-2)25(36)16(19)7-9-33-24/h4,6-12,14H,5,13H2,1-3H3,(H,33,34). The molecule has 0 radical (unpaired) electrons. The van der Waals surface area contributed by atoms with Crippen LogP contribution in [0.1, 0.15) is 53.9 Å². The largest absolute Gasteiger partial charge is 0.416 e. The van der Waals surface area contributed by atoms with E-state index in [1.807, 2.05) is 6.92 Å². The highest BCUT2D eigenvalue weighted by Gasteiger charge is 2.34. The predicted octanol–water partition coefficient (Wildman–Crippen LogP) is 6.54. The van der Waals surface area contributed by atoms with Gasteiger partial charge in [0.1, 0.15) is 17.5 Å². The second-order valence-electron chi connectivity index (χ2n) is 8.35. The molecule has 36 heavy (non-hydrogen) atoms. The molecule has 0 saturated heterocycles. The van der Waals surface area contributed by atoms with Crippen molar-refractivity contribution in [1.29, 1.82) is 0 Å². The van der Waals surface area contributed by atoms with Gasteiger partial charge >= 0.3 is 6.18 Å². The van der Waals surface area contributed by atoms with Crippen molar-refractivity contribution in [2.24, 2.45) is 0 Å². The number of fused-ring (bicyclic) bond motifs is 1. The summed E-state index contributed by atoms with van der Waals surface area (Å²) in [5.41, 5.74) is -0.301. The van der Waals surface area contributed by atoms with Crippen LogP contribution in [0.5, 0.6) is 0 Å². The van der Waals surface area contributed by atoms with Gasteiger partial charge < -0.3 is 10.2 Å². The number of carbonyl (C=O) groups is 1. The van der Waals surface area contributed by atoms with Crippen molar-refractivity contribution in [1.82, 2.24) is 14.9 Å². The van der Waals surface area contributed by atoms with Gasteiger partial charge in [-0.25, -0.2) is 13.8 Å². The number of pyridine rings is 2. The van der Waals surface area contributed by atoms with Gasteiger partial charge in [-0.3, -0.25) is 9.78 Å². The third-order valence-corrected chi connectivity index (χ3v) is 6.15. The number of nitrogens with one attached hydrogen (secondary N) is 1. The Bertz CT molecular complexity index is 1350. The molecule has 3 heterocycles. The zero-order valence-corrected chi connectivity index (χ0v) is 19.8. The number of amides is 1. The van der Waals surface area contributed by atoms with Crippen LogP contribution in [0.4, 0.5) is 27.8 Å². The molecule has 10 heteroatoms. The Balaban J connectivity index is 1.64. The number of nitrogens with zero attached hydrogens (tertiary/aromatic N) is 3. The fourth-order valence-corrected chi connectivity index (χ4v) is 4.28. The number of alkyl halides is 3. The molecule has 1 unspecified atom stereocenters. The Morgan fingerprint density at radius 2 is 1.83 bits per heavy atom. The summed E-state index contributed by atoms with van der Waals surface area (Å²) in [5.74, 6) is -1.32. The fourth-order valence-electron chi connectivity index (χ4n) is 4.28. The lowest BCUT2D eigenvalue weighted by Crippen LogP contribution is -2.22. The first kappa shape index (κ1) is 25.3. The number of halogens is 5. The van der Waals surface area contributed by atoms with Crippen LogP contribution in [0.3, 0.4) is 0 Å². The Morgan fingerprint density at radius 3 is 2.50 bits per heavy atom. The molecule has 3 aromatic rings. The highest BCUT2D eigenvalue weighted by Crippen LogP contribution is 2.36. The lowest BCUT2D eigenvalue weighted by molar-refractivity contribution is -0.0689. The molecule has 1 aliphatic heterocycles. The first-order chi connectivity index (χ1) is 17.0. The van der Waals surface area contributed by atoms with E-state index in [9.17, 15) is 18.0 Å². The second kappa shape index (κ2) is 9.67. The number of allylic oxidation sites excluding steroid dienone is 2. The summed E-state index contributed by atoms with van der Waals surface area (Å²) in [5, 5.41) is 3.05. The van der Waals surface area contributed by atoms with Crippen molar-refractivity contribution in [3.63, 3.8) is 0 Å². The molecule has 1 amide bonds. The molecular weight excluding hydrogens is 479 g/mol. The summed E-state index contributed by atoms with van der Waals surface area (Å²) < 4.78 is 70.1. The summed E-state index contributed by atoms with van der Waals surface area (Å²) in [6, 6.07) is 5.05. The maximum absolute atomic E-state index is 15.1. The van der Waals surface area contributed by atoms with E-state index >= 15 is 8.78 Å². The average Bonchev–Trinajstić information content (AvgIpc) is 3.16. The Kier molecular flexibility index (Phi) is 6.79. The summed E-state index contributed by atoms with van der Waals surface area (Å²) in [7, 11) is 0. The maximum Gasteiger partial charge on any atom is 0.416 e. The molecule has 1 atom stereocenters. The number of hydrogen-bond acceptors (Lipinski definition) is 4. The monoisotopic (exact) mass is 502 g/mol. The van der Waals surface area contributed by atoms with Crippen LogP contribution < -0.4 is 5.32 Å². The number of aromatic nitrogens is 2. The highest BCUT2D eigenvalue weighted by atomic mass is 19.4. The predicted molar refractivity (Wildman–Crippen MR) is 126 cm³/mol. The van der Waals surface area contributed by atoms with Crippen LogP contribution in [-0.2, 0) is 6.54 Å². The zero-order valence-electron chi connectivity index (χ0n) is 19.8. The number of benzene rings is 1. The van der Waals surface area contributed by atoms with Gasteiger partial charge in [-0.05, 0) is 56.7 Å². The molecule has 0 bridgehead atoms. The van der Waals surface area contributed by atoms with Crippen molar-refractivity contribution in [3.05, 3.63) is 82.7 Å². The van der Waals surface area contributed by atoms with Crippen LogP contribution >= 0.6 is 0 Å². The van der Waals surface area contributed by atoms with Gasteiger partial charge in [0.15, 0.2) is 0 Å². The summed E-state index contributed by atoms with van der Waals surface area (Å²) >= 11 is 0. The lowest BCUT2D eigenvalue weighted by atomic mass is 9.99. The van der Waals surface area contributed by atoms with Gasteiger partial charge in [0.2, 0.25) is 0 Å². The molecule has 0 aliphatic carbocycles. The van der Waals surface area contributed by atoms with E-state index in [0.29, 0.717) is 30.0 Å². The first-order valence-electron chi connectivity index (χ1n) is 11.3. The summed E-state index contributed by atoms with van der Waals surface area (Å²) in [6.07, 6.45) is -1.10. The quantitative estimate of drug-likeness (QED) is 0.389. The van der Waals surface area contributed by atoms with E-state index < -0.39 is 29.4 Å². The normalized spacial score (nSPS) is 14.7. The lowest BCUT2D eigenvalue weighted by Gasteiger charge is -2.19. The third-order valence-electron chi connectivity index (χ3n) is 6.15. The molecular formula is C26H23F5N4O. The minimum atomic E-state index is -4.60. The number of anilines is 1. The minimum absolute atomic E-state index is 0.00656. The van der Waals surface area contributed by atoms with Gasteiger partial charge in [0.05, 0.1) is 23.9 Å². The molecule has 1 N–H and O–H groups in total. The number of carbonyl (C=O) groups excluding carboxylic acids is 1. The van der Waals surface area contributed by atoms with Gasteiger partial charge in [-0.15, -0.1) is 0 Å². The Hall–Kier alpha value is -3.82. The van der Waals surface area contributed by atoms with Crippen LogP contribution in [-0.4, -0.2) is 33.5 Å². The van der Waals surface area contributed by atoms with Crippen LogP contribution in [0, 0.1) is 11.6 Å². The zero-order chi connectivity index (χ0) is 26.2. The molecule has 1 aliphatic rings. The smallest absolute Gasteiger partial charge is 0.363 e. The van der Waals surface area contributed by atoms with E-state index in [-0.39, 0.29) is 28.3 Å². The molecule has 0 fully saturated rings. The molecule has 5 nitrogen and oxygen atoms in total. The first-order valence-corrected chi connectivity index (χ1v) is 11.3. The van der Waals surface area contributed by atoms with Crippen LogP contribution in [0.2, 0.25) is 0 Å². The van der Waals surface area contributed by atoms with Crippen molar-refractivity contribution in [2.45, 2.75) is 39.5 Å². The average molecular weight is 502 g/mol. The maximum atomic E-state index is 15.1. The van der Waals surface area contributed by atoms with Gasteiger partial charge in [-0.1, -0.05) is 6.08 Å². The number of hydrogen-bond donors (Lipinski definition) is 1. The Morgan fingerprint density at radius 1 is 1.11 bits per heavy atom. The van der Waals surface area contributed by atoms with Crippen molar-refractivity contribution < 1.29 is 26.7 Å². The second-order valence-corrected chi connectivity index (χ2v) is 8.35. The van der Waals surface area contributed by atoms with Gasteiger partial charge in [0, 0.05) is 41.2 Å². The SMILES string of the molecule is CC=C(c1ccnc(-c2cc(F)c(C(C)Nc3nccc4c3CN(CC)C4=O)cc2F)c1)C(F)(F)F. The molecule has 0 saturated carbocycles.